The molecule has 2 heterocycles. The van der Waals surface area contributed by atoms with Gasteiger partial charge in [-0.2, -0.15) is 0 Å². The van der Waals surface area contributed by atoms with Crippen LogP contribution in [0.2, 0.25) is 0 Å². The quantitative estimate of drug-likeness (QED) is 0.603. The van der Waals surface area contributed by atoms with Gasteiger partial charge in [-0.25, -0.2) is 4.39 Å². The molecule has 0 aromatic heterocycles. The number of fused-ring (bicyclic) bond motifs is 2. The first-order valence-electron chi connectivity index (χ1n) is 5.09. The summed E-state index contributed by atoms with van der Waals surface area (Å²) in [5.41, 5.74) is 2.68. The first-order valence-corrected chi connectivity index (χ1v) is 5.09. The molecule has 2 atom stereocenters. The summed E-state index contributed by atoms with van der Waals surface area (Å²) < 4.78 is 13.1. The van der Waals surface area contributed by atoms with E-state index in [9.17, 15) is 4.39 Å². The fraction of sp³-hybridized carbons (Fsp3) is 0.455. The zero-order valence-electron chi connectivity index (χ0n) is 7.89. The molecule has 0 spiro atoms. The molecular weight excluding hydrogens is 179 g/mol. The van der Waals surface area contributed by atoms with Crippen molar-refractivity contribution in [2.24, 2.45) is 5.92 Å². The number of allylic oxidation sites excluding steroid dienone is 2. The summed E-state index contributed by atoms with van der Waals surface area (Å²) in [6, 6.07) is 0.291. The predicted octanol–water partition coefficient (Wildman–Crippen LogP) is 1.24. The van der Waals surface area contributed by atoms with Crippen molar-refractivity contribution in [3.63, 3.8) is 0 Å². The first-order chi connectivity index (χ1) is 6.84. The van der Waals surface area contributed by atoms with Crippen LogP contribution < -0.4 is 10.6 Å². The molecule has 2 nitrogen and oxygen atoms in total. The van der Waals surface area contributed by atoms with Crippen LogP contribution in [0.4, 0.5) is 4.39 Å². The molecule has 0 fully saturated rings. The fourth-order valence-corrected chi connectivity index (χ4v) is 2.49. The minimum atomic E-state index is -0.104. The maximum atomic E-state index is 13.1. The Morgan fingerprint density at radius 2 is 2.36 bits per heavy atom. The van der Waals surface area contributed by atoms with Crippen molar-refractivity contribution < 1.29 is 4.39 Å². The Morgan fingerprint density at radius 3 is 3.29 bits per heavy atom. The topological polar surface area (TPSA) is 24.1 Å². The van der Waals surface area contributed by atoms with Gasteiger partial charge in [-0.05, 0) is 24.1 Å². The van der Waals surface area contributed by atoms with Crippen LogP contribution in [0, 0.1) is 5.92 Å². The van der Waals surface area contributed by atoms with Gasteiger partial charge in [-0.15, -0.1) is 0 Å². The van der Waals surface area contributed by atoms with E-state index in [4.69, 9.17) is 0 Å². The zero-order valence-corrected chi connectivity index (χ0v) is 7.89. The average molecular weight is 192 g/mol. The molecule has 74 valence electrons. The molecule has 0 saturated carbocycles. The third kappa shape index (κ3) is 1.12. The second kappa shape index (κ2) is 2.95. The fourth-order valence-electron chi connectivity index (χ4n) is 2.49. The van der Waals surface area contributed by atoms with Gasteiger partial charge in [0.15, 0.2) is 0 Å². The summed E-state index contributed by atoms with van der Waals surface area (Å²) >= 11 is 0. The van der Waals surface area contributed by atoms with Gasteiger partial charge in [0.1, 0.15) is 5.83 Å². The Hall–Kier alpha value is -1.09. The Balaban J connectivity index is 1.96. The molecule has 3 heteroatoms. The van der Waals surface area contributed by atoms with Gasteiger partial charge >= 0.3 is 0 Å². The maximum absolute atomic E-state index is 13.1. The minimum Gasteiger partial charge on any atom is -0.381 e. The highest BCUT2D eigenvalue weighted by Crippen LogP contribution is 2.34. The highest BCUT2D eigenvalue weighted by atomic mass is 19.1. The SMILES string of the molecule is FC1=CC2C3=C(CCNC3)NC2C=C1. The molecule has 2 unspecified atom stereocenters. The Labute approximate surface area is 82.6 Å². The highest BCUT2D eigenvalue weighted by Gasteiger charge is 2.34. The van der Waals surface area contributed by atoms with Crippen molar-refractivity contribution in [2.75, 3.05) is 13.1 Å². The summed E-state index contributed by atoms with van der Waals surface area (Å²) in [6.45, 7) is 1.93. The van der Waals surface area contributed by atoms with Gasteiger partial charge in [0.2, 0.25) is 0 Å². The third-order valence-corrected chi connectivity index (χ3v) is 3.19. The lowest BCUT2D eigenvalue weighted by molar-refractivity contribution is 0.572. The molecule has 0 saturated heterocycles. The lowest BCUT2D eigenvalue weighted by atomic mass is 9.89. The summed E-state index contributed by atoms with van der Waals surface area (Å²) in [5.74, 6) is 0.134. The summed E-state index contributed by atoms with van der Waals surface area (Å²) in [6.07, 6.45) is 6.26. The number of halogens is 1. The molecule has 3 aliphatic rings. The maximum Gasteiger partial charge on any atom is 0.119 e. The van der Waals surface area contributed by atoms with Gasteiger partial charge in [0.25, 0.3) is 0 Å². The van der Waals surface area contributed by atoms with E-state index in [2.05, 4.69) is 10.6 Å². The monoisotopic (exact) mass is 192 g/mol. The van der Waals surface area contributed by atoms with Gasteiger partial charge in [-0.3, -0.25) is 0 Å². The Kier molecular flexibility index (Phi) is 1.74. The van der Waals surface area contributed by atoms with E-state index in [-0.39, 0.29) is 11.7 Å². The summed E-state index contributed by atoms with van der Waals surface area (Å²) in [4.78, 5) is 0. The van der Waals surface area contributed by atoms with E-state index in [1.54, 1.807) is 12.2 Å². The molecule has 0 amide bonds. The van der Waals surface area contributed by atoms with Crippen LogP contribution in [0.3, 0.4) is 0 Å². The zero-order chi connectivity index (χ0) is 9.54. The second-order valence-corrected chi connectivity index (χ2v) is 4.04. The van der Waals surface area contributed by atoms with Crippen LogP contribution >= 0.6 is 0 Å². The number of nitrogens with one attached hydrogen (secondary N) is 2. The van der Waals surface area contributed by atoms with Crippen molar-refractivity contribution >= 4 is 0 Å². The second-order valence-electron chi connectivity index (χ2n) is 4.04. The van der Waals surface area contributed by atoms with Crippen molar-refractivity contribution in [3.05, 3.63) is 35.3 Å². The van der Waals surface area contributed by atoms with Gasteiger partial charge in [0, 0.05) is 24.7 Å². The van der Waals surface area contributed by atoms with E-state index in [1.807, 2.05) is 6.08 Å². The first kappa shape index (κ1) is 8.24. The normalized spacial score (nSPS) is 34.8. The Bertz CT molecular complexity index is 354. The standard InChI is InChI=1S/C11H13FN2/c12-7-1-2-10-8(5-7)9-6-13-4-3-11(9)14-10/h1-2,5,8,10,13-14H,3-4,6H2. The van der Waals surface area contributed by atoms with E-state index >= 15 is 0 Å². The van der Waals surface area contributed by atoms with Crippen LogP contribution in [-0.2, 0) is 0 Å². The largest absolute Gasteiger partial charge is 0.381 e. The molecule has 0 bridgehead atoms. The molecule has 1 aliphatic carbocycles. The lowest BCUT2D eigenvalue weighted by Crippen LogP contribution is -2.27. The molecule has 0 aromatic rings. The third-order valence-electron chi connectivity index (χ3n) is 3.19. The van der Waals surface area contributed by atoms with Crippen LogP contribution in [0.15, 0.2) is 35.3 Å². The van der Waals surface area contributed by atoms with Crippen LogP contribution in [0.25, 0.3) is 0 Å². The highest BCUT2D eigenvalue weighted by molar-refractivity contribution is 5.39. The van der Waals surface area contributed by atoms with Gasteiger partial charge in [0.05, 0.1) is 6.04 Å². The van der Waals surface area contributed by atoms with Gasteiger partial charge < -0.3 is 10.6 Å². The minimum absolute atomic E-state index is 0.104. The number of rotatable bonds is 0. The molecule has 3 rings (SSSR count). The molecule has 14 heavy (non-hydrogen) atoms. The summed E-state index contributed by atoms with van der Waals surface area (Å²) in [5, 5.41) is 6.79. The van der Waals surface area contributed by atoms with E-state index in [0.29, 0.717) is 6.04 Å². The molecule has 2 N–H and O–H groups in total. The number of hydrogen-bond acceptors (Lipinski definition) is 2. The van der Waals surface area contributed by atoms with E-state index < -0.39 is 0 Å². The average Bonchev–Trinajstić information content (AvgIpc) is 2.56. The molecule has 0 radical (unpaired) electrons. The smallest absolute Gasteiger partial charge is 0.119 e. The predicted molar refractivity (Wildman–Crippen MR) is 53.3 cm³/mol. The van der Waals surface area contributed by atoms with Crippen molar-refractivity contribution in [1.82, 2.24) is 10.6 Å². The Morgan fingerprint density at radius 1 is 1.43 bits per heavy atom. The van der Waals surface area contributed by atoms with Crippen LogP contribution in [-0.4, -0.2) is 19.1 Å². The molecule has 2 aliphatic heterocycles. The lowest BCUT2D eigenvalue weighted by Gasteiger charge is -2.19. The molecule has 0 aromatic carbocycles. The van der Waals surface area contributed by atoms with E-state index in [1.165, 1.54) is 11.3 Å². The van der Waals surface area contributed by atoms with Crippen molar-refractivity contribution in [3.8, 4) is 0 Å². The van der Waals surface area contributed by atoms with Crippen molar-refractivity contribution in [1.29, 1.82) is 0 Å². The van der Waals surface area contributed by atoms with Crippen LogP contribution in [0.1, 0.15) is 6.42 Å². The molecular formula is C11H13FN2. The van der Waals surface area contributed by atoms with Crippen LogP contribution in [0.5, 0.6) is 0 Å². The van der Waals surface area contributed by atoms with Gasteiger partial charge in [-0.1, -0.05) is 6.08 Å². The van der Waals surface area contributed by atoms with E-state index in [0.717, 1.165) is 19.5 Å². The number of hydrogen-bond donors (Lipinski definition) is 2. The van der Waals surface area contributed by atoms with Crippen molar-refractivity contribution in [2.45, 2.75) is 12.5 Å². The summed E-state index contributed by atoms with van der Waals surface area (Å²) in [7, 11) is 0.